The van der Waals surface area contributed by atoms with Gasteiger partial charge in [-0.05, 0) is 37.1 Å². The summed E-state index contributed by atoms with van der Waals surface area (Å²) >= 11 is 0. The maximum atomic E-state index is 12.9. The zero-order chi connectivity index (χ0) is 21.2. The van der Waals surface area contributed by atoms with Gasteiger partial charge < -0.3 is 10.1 Å². The second-order valence-electron chi connectivity index (χ2n) is 6.76. The summed E-state index contributed by atoms with van der Waals surface area (Å²) in [5.74, 6) is -0.546. The number of carbonyl (C=O) groups is 2. The van der Waals surface area contributed by atoms with Crippen LogP contribution in [0.1, 0.15) is 23.6 Å². The molecule has 0 radical (unpaired) electrons. The van der Waals surface area contributed by atoms with E-state index in [1.165, 1.54) is 6.92 Å². The van der Waals surface area contributed by atoms with Gasteiger partial charge in [0, 0.05) is 12.1 Å². The van der Waals surface area contributed by atoms with Crippen LogP contribution in [0.4, 0.5) is 0 Å². The monoisotopic (exact) mass is 414 g/mol. The number of benzene rings is 2. The van der Waals surface area contributed by atoms with E-state index in [1.54, 1.807) is 55.6 Å². The zero-order valence-corrected chi connectivity index (χ0v) is 17.2. The van der Waals surface area contributed by atoms with Gasteiger partial charge in [0.05, 0.1) is 7.11 Å². The van der Waals surface area contributed by atoms with Gasteiger partial charge in [-0.25, -0.2) is 12.7 Å². The fraction of sp³-hybridized carbons (Fsp3) is 0.238. The molecule has 0 spiro atoms. The van der Waals surface area contributed by atoms with Crippen LogP contribution in [0.5, 0.6) is 5.75 Å². The molecule has 29 heavy (non-hydrogen) atoms. The van der Waals surface area contributed by atoms with Gasteiger partial charge in [-0.3, -0.25) is 9.59 Å². The van der Waals surface area contributed by atoms with E-state index >= 15 is 0 Å². The lowest BCUT2D eigenvalue weighted by Gasteiger charge is -2.16. The summed E-state index contributed by atoms with van der Waals surface area (Å²) < 4.78 is 31.6. The summed E-state index contributed by atoms with van der Waals surface area (Å²) in [5, 5.41) is 2.64. The maximum Gasteiger partial charge on any atom is 0.268 e. The summed E-state index contributed by atoms with van der Waals surface area (Å²) in [6, 6.07) is 14.0. The molecule has 0 aromatic heterocycles. The lowest BCUT2D eigenvalue weighted by Crippen LogP contribution is -2.40. The summed E-state index contributed by atoms with van der Waals surface area (Å²) in [6.45, 7) is 3.00. The summed E-state index contributed by atoms with van der Waals surface area (Å²) in [6.07, 6.45) is 0. The van der Waals surface area contributed by atoms with Crippen molar-refractivity contribution in [2.24, 2.45) is 0 Å². The first-order valence-electron chi connectivity index (χ1n) is 8.98. The van der Waals surface area contributed by atoms with E-state index < -0.39 is 28.4 Å². The minimum Gasteiger partial charge on any atom is -0.497 e. The van der Waals surface area contributed by atoms with E-state index in [-0.39, 0.29) is 17.0 Å². The number of hydrogen-bond acceptors (Lipinski definition) is 5. The van der Waals surface area contributed by atoms with Gasteiger partial charge in [-0.2, -0.15) is 0 Å². The highest BCUT2D eigenvalue weighted by Crippen LogP contribution is 2.35. The third kappa shape index (κ3) is 4.17. The third-order valence-corrected chi connectivity index (χ3v) is 6.62. The van der Waals surface area contributed by atoms with Gasteiger partial charge in [0.15, 0.2) is 0 Å². The van der Waals surface area contributed by atoms with Crippen molar-refractivity contribution >= 4 is 26.7 Å². The van der Waals surface area contributed by atoms with Crippen LogP contribution in [0, 0.1) is 6.92 Å². The molecule has 7 nitrogen and oxygen atoms in total. The minimum atomic E-state index is -4.09. The molecule has 0 saturated heterocycles. The molecule has 2 aromatic carbocycles. The molecule has 0 saturated carbocycles. The van der Waals surface area contributed by atoms with Crippen molar-refractivity contribution in [3.8, 4) is 5.75 Å². The van der Waals surface area contributed by atoms with E-state index in [1.807, 2.05) is 6.92 Å². The van der Waals surface area contributed by atoms with Crippen molar-refractivity contribution in [3.05, 3.63) is 70.8 Å². The predicted molar refractivity (Wildman–Crippen MR) is 109 cm³/mol. The van der Waals surface area contributed by atoms with Gasteiger partial charge in [0.1, 0.15) is 17.2 Å². The molecular weight excluding hydrogens is 392 g/mol. The summed E-state index contributed by atoms with van der Waals surface area (Å²) in [7, 11) is -2.53. The van der Waals surface area contributed by atoms with Gasteiger partial charge in [0.2, 0.25) is 5.91 Å². The molecule has 1 aliphatic rings. The van der Waals surface area contributed by atoms with E-state index in [0.717, 1.165) is 11.1 Å². The van der Waals surface area contributed by atoms with Crippen molar-refractivity contribution in [1.82, 2.24) is 9.62 Å². The number of sulfonamides is 1. The van der Waals surface area contributed by atoms with Gasteiger partial charge in [0.25, 0.3) is 15.9 Å². The number of carbonyl (C=O) groups excluding carboxylic acids is 2. The highest BCUT2D eigenvalue weighted by atomic mass is 32.2. The standard InChI is InChI=1S/C21H22N2O5S/c1-14-4-8-17(9-5-14)20-15(2)21(25)23(29(20,26)27)13-19(24)22-12-16-6-10-18(28-3)11-7-16/h4-11H,12-13H2,1-3H3,(H,22,24). The van der Waals surface area contributed by atoms with Crippen LogP contribution < -0.4 is 10.1 Å². The van der Waals surface area contributed by atoms with Crippen LogP contribution in [-0.4, -0.2) is 38.2 Å². The molecule has 1 heterocycles. The maximum absolute atomic E-state index is 12.9. The summed E-state index contributed by atoms with van der Waals surface area (Å²) in [4.78, 5) is 24.8. The number of hydrogen-bond donors (Lipinski definition) is 1. The molecule has 2 aromatic rings. The Labute approximate surface area is 170 Å². The van der Waals surface area contributed by atoms with Crippen LogP contribution in [-0.2, 0) is 26.2 Å². The number of nitrogens with zero attached hydrogens (tertiary/aromatic N) is 1. The van der Waals surface area contributed by atoms with E-state index in [9.17, 15) is 18.0 Å². The molecule has 3 rings (SSSR count). The average molecular weight is 414 g/mol. The normalized spacial score (nSPS) is 15.6. The summed E-state index contributed by atoms with van der Waals surface area (Å²) in [5.41, 5.74) is 2.34. The average Bonchev–Trinajstić information content (AvgIpc) is 2.87. The quantitative estimate of drug-likeness (QED) is 0.782. The number of ether oxygens (including phenoxy) is 1. The van der Waals surface area contributed by atoms with Crippen molar-refractivity contribution in [2.75, 3.05) is 13.7 Å². The van der Waals surface area contributed by atoms with E-state index in [0.29, 0.717) is 15.6 Å². The molecule has 0 aliphatic carbocycles. The molecular formula is C21H22N2O5S. The Morgan fingerprint density at radius 3 is 2.24 bits per heavy atom. The van der Waals surface area contributed by atoms with Crippen molar-refractivity contribution in [1.29, 1.82) is 0 Å². The first-order valence-corrected chi connectivity index (χ1v) is 10.4. The Bertz CT molecular complexity index is 1070. The highest BCUT2D eigenvalue weighted by Gasteiger charge is 2.43. The number of amides is 2. The smallest absolute Gasteiger partial charge is 0.268 e. The Balaban J connectivity index is 1.71. The Kier molecular flexibility index (Phi) is 5.74. The minimum absolute atomic E-state index is 0.0505. The molecule has 1 aliphatic heterocycles. The van der Waals surface area contributed by atoms with Crippen LogP contribution in [0.15, 0.2) is 54.1 Å². The predicted octanol–water partition coefficient (Wildman–Crippen LogP) is 2.22. The Morgan fingerprint density at radius 1 is 1.03 bits per heavy atom. The first-order chi connectivity index (χ1) is 13.7. The SMILES string of the molecule is COc1ccc(CNC(=O)CN2C(=O)C(C)=C(c3ccc(C)cc3)S2(=O)=O)cc1. The lowest BCUT2D eigenvalue weighted by atomic mass is 10.1. The number of nitrogens with one attached hydrogen (secondary N) is 1. The van der Waals surface area contributed by atoms with Crippen molar-refractivity contribution in [2.45, 2.75) is 20.4 Å². The number of methoxy groups -OCH3 is 1. The van der Waals surface area contributed by atoms with Crippen LogP contribution in [0.2, 0.25) is 0 Å². The molecule has 1 N–H and O–H groups in total. The first kappa shape index (κ1) is 20.6. The topological polar surface area (TPSA) is 92.8 Å². The fourth-order valence-electron chi connectivity index (χ4n) is 3.05. The van der Waals surface area contributed by atoms with Crippen LogP contribution in [0.3, 0.4) is 0 Å². The Morgan fingerprint density at radius 2 is 1.66 bits per heavy atom. The van der Waals surface area contributed by atoms with Crippen molar-refractivity contribution < 1.29 is 22.7 Å². The molecule has 2 amide bonds. The second-order valence-corrected chi connectivity index (χ2v) is 8.56. The molecule has 152 valence electrons. The van der Waals surface area contributed by atoms with Crippen LogP contribution in [0.25, 0.3) is 4.91 Å². The lowest BCUT2D eigenvalue weighted by molar-refractivity contribution is -0.128. The van der Waals surface area contributed by atoms with Gasteiger partial charge >= 0.3 is 0 Å². The molecule has 0 atom stereocenters. The number of rotatable bonds is 6. The highest BCUT2D eigenvalue weighted by molar-refractivity contribution is 7.99. The molecule has 0 unspecified atom stereocenters. The number of aryl methyl sites for hydroxylation is 1. The van der Waals surface area contributed by atoms with E-state index in [2.05, 4.69) is 5.32 Å². The Hall–Kier alpha value is -3.13. The van der Waals surface area contributed by atoms with E-state index in [4.69, 9.17) is 4.74 Å². The second kappa shape index (κ2) is 8.08. The van der Waals surface area contributed by atoms with Gasteiger partial charge in [-0.1, -0.05) is 42.0 Å². The largest absolute Gasteiger partial charge is 0.497 e. The molecule has 8 heteroatoms. The zero-order valence-electron chi connectivity index (χ0n) is 16.4. The van der Waals surface area contributed by atoms with Gasteiger partial charge in [-0.15, -0.1) is 0 Å². The fourth-order valence-corrected chi connectivity index (χ4v) is 4.83. The third-order valence-electron chi connectivity index (χ3n) is 4.69. The molecule has 0 bridgehead atoms. The van der Waals surface area contributed by atoms with Crippen LogP contribution >= 0.6 is 0 Å². The molecule has 0 fully saturated rings. The van der Waals surface area contributed by atoms with Crippen molar-refractivity contribution in [3.63, 3.8) is 0 Å².